The summed E-state index contributed by atoms with van der Waals surface area (Å²) in [6.07, 6.45) is 0. The SMILES string of the molecule is c1ccc(N(c2ccc(-c3ccc(-c4cccc(N(c5ccccc5)c5ccc6c(c5)C5(c7ccccc7Oc7ccccc75)c5ccccc5-6)c4)cc3)cc2)c2ccc3c(c2)Oc2ccccc2C32c3ccccc3-c3ccccc32)cc1. The predicted molar refractivity (Wildman–Crippen MR) is 341 cm³/mol. The van der Waals surface area contributed by atoms with Crippen molar-refractivity contribution in [3.8, 4) is 67.5 Å². The first kappa shape index (κ1) is 47.8. The Morgan fingerprint density at radius 2 is 0.524 bits per heavy atom. The van der Waals surface area contributed by atoms with Gasteiger partial charge in [-0.25, -0.2) is 0 Å². The van der Waals surface area contributed by atoms with Crippen LogP contribution in [0.15, 0.2) is 315 Å². The second-order valence-corrected chi connectivity index (χ2v) is 22.3. The molecule has 394 valence electrons. The first-order valence-corrected chi connectivity index (χ1v) is 28.9. The maximum Gasteiger partial charge on any atom is 0.134 e. The van der Waals surface area contributed by atoms with E-state index >= 15 is 0 Å². The number of ether oxygens (including phenoxy) is 2. The van der Waals surface area contributed by atoms with Crippen molar-refractivity contribution in [2.45, 2.75) is 10.8 Å². The molecule has 0 aromatic heterocycles. The Morgan fingerprint density at radius 3 is 1.06 bits per heavy atom. The average Bonchev–Trinajstić information content (AvgIpc) is 1.53. The summed E-state index contributed by atoms with van der Waals surface area (Å²) in [6, 6.07) is 114. The molecule has 4 aliphatic rings. The summed E-state index contributed by atoms with van der Waals surface area (Å²) < 4.78 is 13.6. The van der Waals surface area contributed by atoms with E-state index < -0.39 is 10.8 Å². The summed E-state index contributed by atoms with van der Waals surface area (Å²) in [6.45, 7) is 0. The molecule has 0 amide bonds. The number of anilines is 6. The van der Waals surface area contributed by atoms with Gasteiger partial charge in [0.25, 0.3) is 0 Å². The average molecular weight is 1070 g/mol. The maximum absolute atomic E-state index is 6.97. The van der Waals surface area contributed by atoms with E-state index in [1.165, 1.54) is 44.5 Å². The molecular formula is C80H52N2O2. The van der Waals surface area contributed by atoms with Crippen molar-refractivity contribution in [3.63, 3.8) is 0 Å². The lowest BCUT2D eigenvalue weighted by atomic mass is 9.66. The van der Waals surface area contributed by atoms with Gasteiger partial charge in [0.2, 0.25) is 0 Å². The van der Waals surface area contributed by atoms with Gasteiger partial charge in [0.1, 0.15) is 23.0 Å². The van der Waals surface area contributed by atoms with Crippen LogP contribution in [-0.4, -0.2) is 0 Å². The van der Waals surface area contributed by atoms with Crippen LogP contribution in [0.4, 0.5) is 34.1 Å². The second kappa shape index (κ2) is 18.8. The van der Waals surface area contributed by atoms with Gasteiger partial charge < -0.3 is 19.3 Å². The third-order valence-corrected chi connectivity index (χ3v) is 18.0. The zero-order valence-corrected chi connectivity index (χ0v) is 45.7. The Balaban J connectivity index is 0.709. The van der Waals surface area contributed by atoms with Crippen molar-refractivity contribution in [1.29, 1.82) is 0 Å². The van der Waals surface area contributed by atoms with E-state index in [2.05, 4.69) is 325 Å². The molecule has 13 aromatic carbocycles. The van der Waals surface area contributed by atoms with Gasteiger partial charge in [-0.2, -0.15) is 0 Å². The smallest absolute Gasteiger partial charge is 0.134 e. The fourth-order valence-corrected chi connectivity index (χ4v) is 14.5. The highest BCUT2D eigenvalue weighted by Crippen LogP contribution is 2.64. The Hall–Kier alpha value is -10.9. The van der Waals surface area contributed by atoms with Gasteiger partial charge >= 0.3 is 0 Å². The van der Waals surface area contributed by atoms with Crippen LogP contribution in [0.3, 0.4) is 0 Å². The van der Waals surface area contributed by atoms with Crippen molar-refractivity contribution in [1.82, 2.24) is 0 Å². The first-order valence-electron chi connectivity index (χ1n) is 28.9. The van der Waals surface area contributed by atoms with Crippen LogP contribution in [0.2, 0.25) is 0 Å². The molecule has 0 atom stereocenters. The summed E-state index contributed by atoms with van der Waals surface area (Å²) in [7, 11) is 0. The monoisotopic (exact) mass is 1070 g/mol. The summed E-state index contributed by atoms with van der Waals surface area (Å²) in [5, 5.41) is 0. The van der Waals surface area contributed by atoms with E-state index in [0.29, 0.717) is 0 Å². The number of fused-ring (bicyclic) bond motifs is 18. The van der Waals surface area contributed by atoms with Crippen molar-refractivity contribution < 1.29 is 9.47 Å². The highest BCUT2D eigenvalue weighted by molar-refractivity contribution is 5.93. The Bertz CT molecular complexity index is 4650. The largest absolute Gasteiger partial charge is 0.457 e. The molecule has 2 aliphatic carbocycles. The van der Waals surface area contributed by atoms with Crippen LogP contribution < -0.4 is 19.3 Å². The standard InChI is InChI=1S/C80H52N2O2/c1-3-21-57(22-4-1)81(62-47-49-73-78(52-62)84-77-37-18-13-32-70(77)79(73)67-29-10-7-26-63(67)64-27-8-11-30-68(64)79)59-44-42-54(43-45-59)53-38-40-55(41-39-53)56-20-19-25-60(50-56)82(58-23-5-2-6-24-58)61-46-48-66-65-28-9-12-31-69(65)80(74(66)51-61)71-33-14-16-35-75(71)83-76-36-17-15-34-72(76)80/h1-52H. The molecule has 2 spiro atoms. The van der Waals surface area contributed by atoms with Crippen molar-refractivity contribution >= 4 is 34.1 Å². The molecule has 2 aliphatic heterocycles. The number of hydrogen-bond acceptors (Lipinski definition) is 4. The molecule has 2 heterocycles. The lowest BCUT2D eigenvalue weighted by molar-refractivity contribution is 0.436. The highest BCUT2D eigenvalue weighted by atomic mass is 16.5. The van der Waals surface area contributed by atoms with E-state index in [9.17, 15) is 0 Å². The van der Waals surface area contributed by atoms with Crippen LogP contribution >= 0.6 is 0 Å². The van der Waals surface area contributed by atoms with Gasteiger partial charge in [-0.15, -0.1) is 0 Å². The van der Waals surface area contributed by atoms with E-state index in [0.717, 1.165) is 102 Å². The molecule has 17 rings (SSSR count). The van der Waals surface area contributed by atoms with Gasteiger partial charge in [0, 0.05) is 62.4 Å². The van der Waals surface area contributed by atoms with Gasteiger partial charge in [-0.1, -0.05) is 224 Å². The van der Waals surface area contributed by atoms with Crippen LogP contribution in [0.1, 0.15) is 44.5 Å². The number of para-hydroxylation sites is 5. The van der Waals surface area contributed by atoms with Crippen LogP contribution in [0.25, 0.3) is 44.5 Å². The molecule has 13 aromatic rings. The molecule has 0 fully saturated rings. The minimum absolute atomic E-state index is 0.523. The lowest BCUT2D eigenvalue weighted by Crippen LogP contribution is -2.32. The van der Waals surface area contributed by atoms with E-state index in [-0.39, 0.29) is 0 Å². The van der Waals surface area contributed by atoms with Gasteiger partial charge in [-0.3, -0.25) is 0 Å². The minimum atomic E-state index is -0.576. The molecule has 0 saturated heterocycles. The number of hydrogen-bond donors (Lipinski definition) is 0. The predicted octanol–water partition coefficient (Wildman–Crippen LogP) is 20.9. The zero-order chi connectivity index (χ0) is 55.3. The lowest BCUT2D eigenvalue weighted by Gasteiger charge is -2.40. The summed E-state index contributed by atoms with van der Waals surface area (Å²) in [4.78, 5) is 4.72. The van der Waals surface area contributed by atoms with Crippen molar-refractivity contribution in [3.05, 3.63) is 360 Å². The third kappa shape index (κ3) is 7.01. The van der Waals surface area contributed by atoms with E-state index in [1.54, 1.807) is 0 Å². The molecular weight excluding hydrogens is 1020 g/mol. The summed E-state index contributed by atoms with van der Waals surface area (Å²) in [5.74, 6) is 3.50. The zero-order valence-electron chi connectivity index (χ0n) is 45.7. The Kier molecular flexibility index (Phi) is 10.7. The minimum Gasteiger partial charge on any atom is -0.457 e. The summed E-state index contributed by atoms with van der Waals surface area (Å²) >= 11 is 0. The molecule has 0 saturated carbocycles. The van der Waals surface area contributed by atoms with Crippen LogP contribution in [0, 0.1) is 0 Å². The Labute approximate surface area is 489 Å². The van der Waals surface area contributed by atoms with E-state index in [1.807, 2.05) is 0 Å². The molecule has 4 nitrogen and oxygen atoms in total. The maximum atomic E-state index is 6.97. The molecule has 0 N–H and O–H groups in total. The number of rotatable bonds is 8. The van der Waals surface area contributed by atoms with Crippen LogP contribution in [-0.2, 0) is 10.8 Å². The molecule has 0 bridgehead atoms. The summed E-state index contributed by atoms with van der Waals surface area (Å²) in [5.41, 5.74) is 24.5. The Morgan fingerprint density at radius 1 is 0.190 bits per heavy atom. The van der Waals surface area contributed by atoms with Gasteiger partial charge in [-0.05, 0) is 152 Å². The second-order valence-electron chi connectivity index (χ2n) is 22.3. The van der Waals surface area contributed by atoms with Crippen LogP contribution in [0.5, 0.6) is 23.0 Å². The quantitative estimate of drug-likeness (QED) is 0.151. The molecule has 0 radical (unpaired) electrons. The fourth-order valence-electron chi connectivity index (χ4n) is 14.5. The fraction of sp³-hybridized carbons (Fsp3) is 0.0250. The number of benzene rings is 13. The highest BCUT2D eigenvalue weighted by Gasteiger charge is 2.53. The third-order valence-electron chi connectivity index (χ3n) is 18.0. The first-order chi connectivity index (χ1) is 41.6. The van der Waals surface area contributed by atoms with Crippen molar-refractivity contribution in [2.24, 2.45) is 0 Å². The molecule has 0 unspecified atom stereocenters. The van der Waals surface area contributed by atoms with Gasteiger partial charge in [0.05, 0.1) is 10.8 Å². The molecule has 4 heteroatoms. The van der Waals surface area contributed by atoms with Gasteiger partial charge in [0.15, 0.2) is 0 Å². The topological polar surface area (TPSA) is 24.9 Å². The normalized spacial score (nSPS) is 13.6. The van der Waals surface area contributed by atoms with Crippen molar-refractivity contribution in [2.75, 3.05) is 9.80 Å². The molecule has 84 heavy (non-hydrogen) atoms. The van der Waals surface area contributed by atoms with E-state index in [4.69, 9.17) is 9.47 Å². The number of nitrogens with zero attached hydrogens (tertiary/aromatic N) is 2.